The Morgan fingerprint density at radius 3 is 2.10 bits per heavy atom. The molecule has 0 spiro atoms. The molecular weight excluding hydrogens is 561 g/mol. The lowest BCUT2D eigenvalue weighted by Gasteiger charge is -2.34. The van der Waals surface area contributed by atoms with E-state index in [2.05, 4.69) is 0 Å². The SMILES string of the molecule is CCOC(=O)c1c(F)c2c(F)c(C3CCN(C(=O)OC(C)(C)C)CC3)c(C)c(F)c2n1S(=O)(=O)c1ccc(C)cc1. The number of benzene rings is 2. The molecule has 2 aromatic carbocycles. The van der Waals surface area contributed by atoms with Crippen LogP contribution in [0.5, 0.6) is 0 Å². The average Bonchev–Trinajstić information content (AvgIpc) is 3.21. The predicted octanol–water partition coefficient (Wildman–Crippen LogP) is 6.20. The van der Waals surface area contributed by atoms with Gasteiger partial charge in [-0.05, 0) is 83.6 Å². The van der Waals surface area contributed by atoms with E-state index in [-0.39, 0.29) is 52.5 Å². The Morgan fingerprint density at radius 2 is 1.56 bits per heavy atom. The minimum absolute atomic E-state index is 0.127. The summed E-state index contributed by atoms with van der Waals surface area (Å²) in [6.07, 6.45) is -0.0637. The third-order valence-corrected chi connectivity index (χ3v) is 8.76. The van der Waals surface area contributed by atoms with Crippen molar-refractivity contribution in [2.45, 2.75) is 70.8 Å². The van der Waals surface area contributed by atoms with Crippen molar-refractivity contribution >= 4 is 33.0 Å². The Bertz CT molecular complexity index is 1620. The van der Waals surface area contributed by atoms with Gasteiger partial charge in [0.2, 0.25) is 0 Å². The van der Waals surface area contributed by atoms with Gasteiger partial charge in [-0.3, -0.25) is 0 Å². The van der Waals surface area contributed by atoms with E-state index in [1.165, 1.54) is 43.0 Å². The molecule has 0 aliphatic carbocycles. The standard InChI is InChI=1S/C29H33F3N2O6S/c1-7-39-27(35)26-24(32)21-23(31)20(18-12-14-33(15-13-18)28(36)40-29(4,5)6)17(3)22(30)25(21)34(26)41(37,38)19-10-8-16(2)9-11-19/h8-11,18H,7,12-15H2,1-6H3. The third-order valence-electron chi connectivity index (χ3n) is 7.05. The quantitative estimate of drug-likeness (QED) is 0.327. The van der Waals surface area contributed by atoms with Gasteiger partial charge < -0.3 is 14.4 Å². The van der Waals surface area contributed by atoms with E-state index < -0.39 is 67.7 Å². The summed E-state index contributed by atoms with van der Waals surface area (Å²) in [6, 6.07) is 5.44. The van der Waals surface area contributed by atoms with Crippen LogP contribution in [-0.2, 0) is 19.5 Å². The van der Waals surface area contributed by atoms with Crippen molar-refractivity contribution in [1.29, 1.82) is 0 Å². The van der Waals surface area contributed by atoms with Crippen LogP contribution in [0.15, 0.2) is 29.2 Å². The molecule has 0 saturated carbocycles. The second kappa shape index (κ2) is 11.0. The highest BCUT2D eigenvalue weighted by atomic mass is 32.2. The van der Waals surface area contributed by atoms with Crippen LogP contribution in [-0.4, -0.2) is 54.7 Å². The van der Waals surface area contributed by atoms with E-state index in [1.807, 2.05) is 0 Å². The van der Waals surface area contributed by atoms with Crippen molar-refractivity contribution in [1.82, 2.24) is 8.87 Å². The minimum atomic E-state index is -4.77. The van der Waals surface area contributed by atoms with Gasteiger partial charge in [0.15, 0.2) is 17.3 Å². The van der Waals surface area contributed by atoms with Crippen molar-refractivity contribution in [2.24, 2.45) is 0 Å². The fourth-order valence-corrected chi connectivity index (χ4v) is 6.61. The van der Waals surface area contributed by atoms with Crippen molar-refractivity contribution in [3.8, 4) is 0 Å². The molecule has 8 nitrogen and oxygen atoms in total. The molecule has 2 heterocycles. The highest BCUT2D eigenvalue weighted by Crippen LogP contribution is 2.41. The maximum absolute atomic E-state index is 16.2. The molecule has 1 aliphatic rings. The lowest BCUT2D eigenvalue weighted by molar-refractivity contribution is 0.0204. The molecule has 1 aromatic heterocycles. The van der Waals surface area contributed by atoms with Crippen LogP contribution in [0.3, 0.4) is 0 Å². The highest BCUT2D eigenvalue weighted by molar-refractivity contribution is 7.90. The zero-order chi connectivity index (χ0) is 30.4. The number of halogens is 3. The Labute approximate surface area is 237 Å². The topological polar surface area (TPSA) is 94.9 Å². The van der Waals surface area contributed by atoms with Gasteiger partial charge in [0.25, 0.3) is 10.0 Å². The number of hydrogen-bond donors (Lipinski definition) is 0. The number of aromatic nitrogens is 1. The van der Waals surface area contributed by atoms with E-state index >= 15 is 13.2 Å². The molecular formula is C29H33F3N2O6S. The van der Waals surface area contributed by atoms with Gasteiger partial charge in [-0.15, -0.1) is 0 Å². The maximum Gasteiger partial charge on any atom is 0.410 e. The van der Waals surface area contributed by atoms with Crippen LogP contribution in [0.1, 0.15) is 73.6 Å². The Kier molecular flexibility index (Phi) is 8.19. The molecule has 1 fully saturated rings. The number of likely N-dealkylation sites (tertiary alicyclic amines) is 1. The van der Waals surface area contributed by atoms with E-state index in [1.54, 1.807) is 27.7 Å². The maximum atomic E-state index is 16.2. The normalized spacial score (nSPS) is 14.9. The van der Waals surface area contributed by atoms with Crippen LogP contribution in [0.4, 0.5) is 18.0 Å². The number of fused-ring (bicyclic) bond motifs is 1. The van der Waals surface area contributed by atoms with Gasteiger partial charge in [0, 0.05) is 13.1 Å². The molecule has 3 aromatic rings. The number of hydrogen-bond acceptors (Lipinski definition) is 6. The smallest absolute Gasteiger partial charge is 0.410 e. The number of piperidine rings is 1. The van der Waals surface area contributed by atoms with E-state index in [0.717, 1.165) is 5.56 Å². The first-order valence-electron chi connectivity index (χ1n) is 13.3. The molecule has 41 heavy (non-hydrogen) atoms. The van der Waals surface area contributed by atoms with Gasteiger partial charge in [-0.1, -0.05) is 17.7 Å². The molecule has 0 radical (unpaired) electrons. The highest BCUT2D eigenvalue weighted by Gasteiger charge is 2.39. The largest absolute Gasteiger partial charge is 0.461 e. The number of rotatable bonds is 5. The molecule has 0 atom stereocenters. The summed E-state index contributed by atoms with van der Waals surface area (Å²) in [6.45, 7) is 9.80. The second-order valence-electron chi connectivity index (χ2n) is 11.1. The lowest BCUT2D eigenvalue weighted by Crippen LogP contribution is -2.41. The molecule has 222 valence electrons. The second-order valence-corrected chi connectivity index (χ2v) is 12.9. The van der Waals surface area contributed by atoms with Crippen LogP contribution in [0.25, 0.3) is 10.9 Å². The molecule has 1 aliphatic heterocycles. The molecule has 1 amide bonds. The van der Waals surface area contributed by atoms with Gasteiger partial charge in [0.05, 0.1) is 16.9 Å². The van der Waals surface area contributed by atoms with E-state index in [4.69, 9.17) is 9.47 Å². The number of carbonyl (C=O) groups excluding carboxylic acids is 2. The van der Waals surface area contributed by atoms with Crippen LogP contribution in [0.2, 0.25) is 0 Å². The Hall–Kier alpha value is -3.54. The third kappa shape index (κ3) is 5.53. The summed E-state index contributed by atoms with van der Waals surface area (Å²) in [5, 5.41) is -0.948. The van der Waals surface area contributed by atoms with Gasteiger partial charge in [0.1, 0.15) is 16.9 Å². The van der Waals surface area contributed by atoms with Crippen LogP contribution >= 0.6 is 0 Å². The van der Waals surface area contributed by atoms with Gasteiger partial charge in [-0.2, -0.15) is 0 Å². The molecule has 0 bridgehead atoms. The van der Waals surface area contributed by atoms with E-state index in [9.17, 15) is 18.0 Å². The number of aryl methyl sites for hydroxylation is 1. The average molecular weight is 595 g/mol. The summed E-state index contributed by atoms with van der Waals surface area (Å²) in [7, 11) is -4.77. The zero-order valence-corrected chi connectivity index (χ0v) is 24.6. The first-order chi connectivity index (χ1) is 19.1. The Morgan fingerprint density at radius 1 is 0.976 bits per heavy atom. The first kappa shape index (κ1) is 30.4. The summed E-state index contributed by atoms with van der Waals surface area (Å²) >= 11 is 0. The zero-order valence-electron chi connectivity index (χ0n) is 23.8. The first-order valence-corrected chi connectivity index (χ1v) is 14.7. The minimum Gasteiger partial charge on any atom is -0.461 e. The van der Waals surface area contributed by atoms with Crippen LogP contribution < -0.4 is 0 Å². The van der Waals surface area contributed by atoms with Crippen molar-refractivity contribution < 1.29 is 40.7 Å². The van der Waals surface area contributed by atoms with Crippen LogP contribution in [0, 0.1) is 31.3 Å². The fourth-order valence-electron chi connectivity index (χ4n) is 5.11. The Balaban J connectivity index is 1.88. The van der Waals surface area contributed by atoms with Crippen molar-refractivity contribution in [3.05, 3.63) is 64.1 Å². The van der Waals surface area contributed by atoms with Crippen molar-refractivity contribution in [2.75, 3.05) is 19.7 Å². The summed E-state index contributed by atoms with van der Waals surface area (Å²) < 4.78 is 86.3. The monoisotopic (exact) mass is 594 g/mol. The van der Waals surface area contributed by atoms with Gasteiger partial charge in [-0.25, -0.2) is 35.2 Å². The molecule has 0 N–H and O–H groups in total. The predicted molar refractivity (Wildman–Crippen MR) is 146 cm³/mol. The summed E-state index contributed by atoms with van der Waals surface area (Å²) in [5.41, 5.74) is -2.33. The summed E-state index contributed by atoms with van der Waals surface area (Å²) in [5.74, 6) is -5.83. The lowest BCUT2D eigenvalue weighted by atomic mass is 9.85. The number of carbonyl (C=O) groups is 2. The van der Waals surface area contributed by atoms with Crippen molar-refractivity contribution in [3.63, 3.8) is 0 Å². The van der Waals surface area contributed by atoms with E-state index in [0.29, 0.717) is 0 Å². The number of esters is 1. The molecule has 12 heteroatoms. The fraction of sp³-hybridized carbons (Fsp3) is 0.448. The number of amides is 1. The molecule has 1 saturated heterocycles. The summed E-state index contributed by atoms with van der Waals surface area (Å²) in [4.78, 5) is 26.4. The molecule has 0 unspecified atom stereocenters. The number of ether oxygens (including phenoxy) is 2. The van der Waals surface area contributed by atoms with Gasteiger partial charge >= 0.3 is 12.1 Å². The molecule has 4 rings (SSSR count). The number of nitrogens with zero attached hydrogens (tertiary/aromatic N) is 2.